The molecule has 1 spiro atoms. The van der Waals surface area contributed by atoms with Gasteiger partial charge >= 0.3 is 5.97 Å². The highest BCUT2D eigenvalue weighted by Gasteiger charge is 2.53. The summed E-state index contributed by atoms with van der Waals surface area (Å²) in [6.07, 6.45) is 2.04. The summed E-state index contributed by atoms with van der Waals surface area (Å²) in [6.45, 7) is 4.91. The van der Waals surface area contributed by atoms with Crippen molar-refractivity contribution < 1.29 is 14.3 Å². The summed E-state index contributed by atoms with van der Waals surface area (Å²) in [4.78, 5) is 13.2. The predicted octanol–water partition coefficient (Wildman–Crippen LogP) is 6.79. The molecule has 0 saturated carbocycles. The van der Waals surface area contributed by atoms with E-state index in [0.29, 0.717) is 17.1 Å². The van der Waals surface area contributed by atoms with Crippen molar-refractivity contribution in [2.24, 2.45) is 5.84 Å². The van der Waals surface area contributed by atoms with E-state index in [4.69, 9.17) is 15.3 Å². The first-order chi connectivity index (χ1) is 18.0. The normalized spacial score (nSPS) is 16.9. The van der Waals surface area contributed by atoms with Gasteiger partial charge in [-0.05, 0) is 61.4 Å². The average Bonchev–Trinajstić information content (AvgIpc) is 3.21. The van der Waals surface area contributed by atoms with Gasteiger partial charge in [0.1, 0.15) is 11.5 Å². The van der Waals surface area contributed by atoms with Crippen molar-refractivity contribution in [2.45, 2.75) is 32.3 Å². The molecule has 1 unspecified atom stereocenters. The van der Waals surface area contributed by atoms with E-state index in [9.17, 15) is 4.79 Å². The number of unbranched alkanes of at least 4 members (excludes halogenated alkanes) is 1. The van der Waals surface area contributed by atoms with Crippen LogP contribution in [0.1, 0.15) is 52.4 Å². The van der Waals surface area contributed by atoms with Crippen molar-refractivity contribution in [3.05, 3.63) is 113 Å². The van der Waals surface area contributed by atoms with Crippen LogP contribution in [-0.2, 0) is 10.3 Å². The highest BCUT2D eigenvalue weighted by Crippen LogP contribution is 2.57. The molecule has 0 amide bonds. The zero-order valence-corrected chi connectivity index (χ0v) is 21.0. The van der Waals surface area contributed by atoms with Crippen molar-refractivity contribution >= 4 is 23.0 Å². The van der Waals surface area contributed by atoms with Crippen molar-refractivity contribution in [2.75, 3.05) is 16.9 Å². The quantitative estimate of drug-likeness (QED) is 0.176. The zero-order chi connectivity index (χ0) is 25.6. The standard InChI is InChI=1S/C31H29N3O3/c1-3-4-16-34(32)22-14-15-25-29(18-22)36-28-17-20(2)27(33-21-10-6-5-7-11-21)19-26(28)31(25)24-13-9-8-12-23(24)30(35)37-31/h5-15,17-19,33H,3-4,16,32H2,1-2H3. The van der Waals surface area contributed by atoms with E-state index < -0.39 is 5.60 Å². The maximum atomic E-state index is 13.2. The van der Waals surface area contributed by atoms with Crippen molar-refractivity contribution in [3.8, 4) is 11.5 Å². The van der Waals surface area contributed by atoms with Gasteiger partial charge in [0.2, 0.25) is 0 Å². The van der Waals surface area contributed by atoms with Crippen LogP contribution < -0.4 is 20.9 Å². The summed E-state index contributed by atoms with van der Waals surface area (Å²) >= 11 is 0. The number of rotatable bonds is 6. The molecule has 2 aliphatic heterocycles. The number of hydrogen-bond acceptors (Lipinski definition) is 6. The van der Waals surface area contributed by atoms with Gasteiger partial charge in [0.25, 0.3) is 0 Å². The molecule has 4 aromatic rings. The Labute approximate surface area is 216 Å². The van der Waals surface area contributed by atoms with E-state index in [1.54, 1.807) is 5.01 Å². The summed E-state index contributed by atoms with van der Waals surface area (Å²) in [5, 5.41) is 5.25. The summed E-state index contributed by atoms with van der Waals surface area (Å²) < 4.78 is 12.8. The van der Waals surface area contributed by atoms with Gasteiger partial charge in [-0.2, -0.15) is 0 Å². The van der Waals surface area contributed by atoms with Gasteiger partial charge in [0.05, 0.1) is 11.3 Å². The third-order valence-electron chi connectivity index (χ3n) is 7.18. The molecule has 0 saturated heterocycles. The number of esters is 1. The molecule has 4 aromatic carbocycles. The lowest BCUT2D eigenvalue weighted by Gasteiger charge is -2.37. The smallest absolute Gasteiger partial charge is 0.340 e. The lowest BCUT2D eigenvalue weighted by Crippen LogP contribution is -2.34. The summed E-state index contributed by atoms with van der Waals surface area (Å²) in [7, 11) is 0. The second-order valence-electron chi connectivity index (χ2n) is 9.60. The Morgan fingerprint density at radius 1 is 0.892 bits per heavy atom. The Balaban J connectivity index is 1.54. The number of carbonyl (C=O) groups is 1. The molecule has 186 valence electrons. The maximum Gasteiger partial charge on any atom is 0.340 e. The number of ether oxygens (including phenoxy) is 2. The monoisotopic (exact) mass is 491 g/mol. The van der Waals surface area contributed by atoms with E-state index >= 15 is 0 Å². The van der Waals surface area contributed by atoms with E-state index in [0.717, 1.165) is 58.7 Å². The molecule has 37 heavy (non-hydrogen) atoms. The predicted molar refractivity (Wildman–Crippen MR) is 146 cm³/mol. The van der Waals surface area contributed by atoms with Crippen LogP contribution >= 0.6 is 0 Å². The highest BCUT2D eigenvalue weighted by molar-refractivity contribution is 5.97. The molecule has 0 fully saturated rings. The number of anilines is 3. The van der Waals surface area contributed by atoms with Crippen LogP contribution in [0.25, 0.3) is 0 Å². The van der Waals surface area contributed by atoms with Gasteiger partial charge < -0.3 is 19.8 Å². The second kappa shape index (κ2) is 8.98. The molecule has 2 heterocycles. The molecule has 3 N–H and O–H groups in total. The van der Waals surface area contributed by atoms with Crippen molar-refractivity contribution in [1.82, 2.24) is 0 Å². The molecule has 6 rings (SSSR count). The summed E-state index contributed by atoms with van der Waals surface area (Å²) in [6, 6.07) is 27.5. The number of benzene rings is 4. The minimum atomic E-state index is -1.13. The summed E-state index contributed by atoms with van der Waals surface area (Å²) in [5.74, 6) is 7.29. The van der Waals surface area contributed by atoms with Crippen LogP contribution in [-0.4, -0.2) is 12.5 Å². The number of carbonyl (C=O) groups excluding carboxylic acids is 1. The number of aryl methyl sites for hydroxylation is 1. The molecule has 6 nitrogen and oxygen atoms in total. The third-order valence-corrected chi connectivity index (χ3v) is 7.18. The van der Waals surface area contributed by atoms with Gasteiger partial charge in [-0.25, -0.2) is 10.6 Å². The fourth-order valence-corrected chi connectivity index (χ4v) is 5.26. The minimum absolute atomic E-state index is 0.347. The Morgan fingerprint density at radius 3 is 2.46 bits per heavy atom. The molecule has 0 aliphatic carbocycles. The Bertz CT molecular complexity index is 1500. The Hall–Kier alpha value is -4.29. The zero-order valence-electron chi connectivity index (χ0n) is 21.0. The SMILES string of the molecule is CCCCN(N)c1ccc2c(c1)Oc1cc(C)c(Nc3ccccc3)cc1C21OC(=O)c2ccccc21. The molecule has 0 radical (unpaired) electrons. The first-order valence-corrected chi connectivity index (χ1v) is 12.7. The number of hydrazine groups is 1. The number of fused-ring (bicyclic) bond motifs is 6. The fraction of sp³-hybridized carbons (Fsp3) is 0.194. The van der Waals surface area contributed by atoms with Gasteiger partial charge in [-0.1, -0.05) is 49.7 Å². The van der Waals surface area contributed by atoms with Crippen LogP contribution in [0, 0.1) is 6.92 Å². The first-order valence-electron chi connectivity index (χ1n) is 12.7. The van der Waals surface area contributed by atoms with Gasteiger partial charge in [0.15, 0.2) is 5.60 Å². The van der Waals surface area contributed by atoms with E-state index in [-0.39, 0.29) is 5.97 Å². The van der Waals surface area contributed by atoms with Crippen LogP contribution in [0.2, 0.25) is 0 Å². The molecule has 2 aliphatic rings. The van der Waals surface area contributed by atoms with Crippen LogP contribution in [0.4, 0.5) is 17.1 Å². The van der Waals surface area contributed by atoms with E-state index in [1.165, 1.54) is 0 Å². The van der Waals surface area contributed by atoms with Crippen molar-refractivity contribution in [1.29, 1.82) is 0 Å². The Kier molecular flexibility index (Phi) is 5.61. The molecule has 0 bridgehead atoms. The number of nitrogens with two attached hydrogens (primary N) is 1. The van der Waals surface area contributed by atoms with Crippen LogP contribution in [0.3, 0.4) is 0 Å². The number of nitrogens with zero attached hydrogens (tertiary/aromatic N) is 1. The van der Waals surface area contributed by atoms with Gasteiger partial charge in [-0.15, -0.1) is 0 Å². The molecule has 6 heteroatoms. The maximum absolute atomic E-state index is 13.2. The minimum Gasteiger partial charge on any atom is -0.456 e. The highest BCUT2D eigenvalue weighted by atomic mass is 16.6. The lowest BCUT2D eigenvalue weighted by atomic mass is 9.77. The van der Waals surface area contributed by atoms with E-state index in [2.05, 4.69) is 12.2 Å². The number of para-hydroxylation sites is 1. The number of hydrogen-bond donors (Lipinski definition) is 2. The van der Waals surface area contributed by atoms with Crippen molar-refractivity contribution in [3.63, 3.8) is 0 Å². The van der Waals surface area contributed by atoms with E-state index in [1.807, 2.05) is 91.9 Å². The molecular formula is C31H29N3O3. The number of nitrogens with one attached hydrogen (secondary N) is 1. The lowest BCUT2D eigenvalue weighted by molar-refractivity contribution is 0.0224. The molecule has 0 aromatic heterocycles. The fourth-order valence-electron chi connectivity index (χ4n) is 5.26. The third kappa shape index (κ3) is 3.72. The largest absolute Gasteiger partial charge is 0.456 e. The van der Waals surface area contributed by atoms with Gasteiger partial charge in [0, 0.05) is 40.7 Å². The van der Waals surface area contributed by atoms with Crippen LogP contribution in [0.5, 0.6) is 11.5 Å². The van der Waals surface area contributed by atoms with Gasteiger partial charge in [-0.3, -0.25) is 0 Å². The molecule has 1 atom stereocenters. The Morgan fingerprint density at radius 2 is 1.65 bits per heavy atom. The second-order valence-corrected chi connectivity index (χ2v) is 9.60. The first kappa shape index (κ1) is 23.1. The topological polar surface area (TPSA) is 76.8 Å². The molecular weight excluding hydrogens is 462 g/mol. The average molecular weight is 492 g/mol. The summed E-state index contributed by atoms with van der Waals surface area (Å²) in [5.41, 5.74) is 5.56. The van der Waals surface area contributed by atoms with Crippen LogP contribution in [0.15, 0.2) is 84.9 Å².